The average molecular weight is 506 g/mol. The van der Waals surface area contributed by atoms with Gasteiger partial charge in [0.2, 0.25) is 5.16 Å². The Morgan fingerprint density at radius 1 is 1.12 bits per heavy atom. The number of nitro benzene ring substituents is 1. The van der Waals surface area contributed by atoms with Gasteiger partial charge < -0.3 is 0 Å². The average Bonchev–Trinajstić information content (AvgIpc) is 3.07. The number of alkyl halides is 6. The second-order valence-electron chi connectivity index (χ2n) is 7.23. The number of benzene rings is 2. The van der Waals surface area contributed by atoms with E-state index in [-0.39, 0.29) is 4.90 Å². The summed E-state index contributed by atoms with van der Waals surface area (Å²) in [6.07, 6.45) is -8.73. The number of H-pyrrole nitrogens is 1. The molecule has 0 amide bonds. The summed E-state index contributed by atoms with van der Waals surface area (Å²) in [5.74, 6) is 0. The maximum atomic E-state index is 13.9. The molecule has 1 heterocycles. The van der Waals surface area contributed by atoms with E-state index in [9.17, 15) is 41.3 Å². The van der Waals surface area contributed by atoms with Crippen LogP contribution in [0.4, 0.5) is 32.0 Å². The largest absolute Gasteiger partial charge is 0.418 e. The summed E-state index contributed by atoms with van der Waals surface area (Å²) in [5, 5.41) is 16.6. The molecule has 1 aromatic heterocycles. The van der Waals surface area contributed by atoms with Crippen LogP contribution in [0, 0.1) is 17.0 Å². The van der Waals surface area contributed by atoms with Gasteiger partial charge in [-0.15, -0.1) is 5.10 Å². The third-order valence-corrected chi connectivity index (χ3v) is 5.87. The highest BCUT2D eigenvalue weighted by Gasteiger charge is 2.37. The standard InChI is InChI=1S/C20H16F6N4O3S/c1-3-4-11-8-13(20(24,25)26)14(7-10(11)2)29-17(31)27-28-18(29)34-16-6-5-12(19(21,22)23)9-15(16)30(32)33/h5-9H,3-4H2,1-2H3,(H,27,31). The number of aryl methyl sites for hydroxylation is 2. The number of nitrogens with zero attached hydrogens (tertiary/aromatic N) is 3. The predicted molar refractivity (Wildman–Crippen MR) is 110 cm³/mol. The molecule has 0 saturated carbocycles. The van der Waals surface area contributed by atoms with E-state index in [0.717, 1.165) is 18.2 Å². The van der Waals surface area contributed by atoms with E-state index in [2.05, 4.69) is 5.10 Å². The first-order valence-corrected chi connectivity index (χ1v) is 10.5. The van der Waals surface area contributed by atoms with Crippen LogP contribution in [-0.4, -0.2) is 19.7 Å². The summed E-state index contributed by atoms with van der Waals surface area (Å²) >= 11 is 0.388. The molecule has 0 aliphatic heterocycles. The van der Waals surface area contributed by atoms with Crippen molar-refractivity contribution in [2.75, 3.05) is 0 Å². The molecule has 34 heavy (non-hydrogen) atoms. The zero-order valence-electron chi connectivity index (χ0n) is 17.5. The summed E-state index contributed by atoms with van der Waals surface area (Å²) in [6, 6.07) is 3.80. The molecule has 0 atom stereocenters. The molecule has 2 aromatic carbocycles. The highest BCUT2D eigenvalue weighted by atomic mass is 32.2. The van der Waals surface area contributed by atoms with E-state index < -0.39 is 50.6 Å². The number of nitro groups is 1. The molecule has 0 bridgehead atoms. The Morgan fingerprint density at radius 2 is 1.79 bits per heavy atom. The fourth-order valence-corrected chi connectivity index (χ4v) is 4.21. The Kier molecular flexibility index (Phi) is 6.82. The maximum absolute atomic E-state index is 13.9. The lowest BCUT2D eigenvalue weighted by atomic mass is 9.99. The lowest BCUT2D eigenvalue weighted by Crippen LogP contribution is -2.21. The SMILES string of the molecule is CCCc1cc(C(F)(F)F)c(-n2c(Sc3ccc(C(F)(F)F)cc3[N+](=O)[O-])n[nH]c2=O)cc1C. The molecular formula is C20H16F6N4O3S. The van der Waals surface area contributed by atoms with Gasteiger partial charge in [-0.2, -0.15) is 26.3 Å². The molecule has 3 aromatic rings. The third kappa shape index (κ3) is 5.11. The van der Waals surface area contributed by atoms with Crippen LogP contribution >= 0.6 is 11.8 Å². The number of nitrogens with one attached hydrogen (secondary N) is 1. The topological polar surface area (TPSA) is 93.8 Å². The Hall–Kier alpha value is -3.29. The Morgan fingerprint density at radius 3 is 2.35 bits per heavy atom. The summed E-state index contributed by atoms with van der Waals surface area (Å²) in [6.45, 7) is 3.38. The predicted octanol–water partition coefficient (Wildman–Crippen LogP) is 5.92. The first-order chi connectivity index (χ1) is 15.7. The maximum Gasteiger partial charge on any atom is 0.418 e. The van der Waals surface area contributed by atoms with Crippen LogP contribution in [0.5, 0.6) is 0 Å². The quantitative estimate of drug-likeness (QED) is 0.255. The van der Waals surface area contributed by atoms with Crippen LogP contribution in [0.3, 0.4) is 0 Å². The lowest BCUT2D eigenvalue weighted by Gasteiger charge is -2.17. The number of rotatable bonds is 6. The number of hydrogen-bond acceptors (Lipinski definition) is 5. The molecule has 0 aliphatic rings. The van der Waals surface area contributed by atoms with Gasteiger partial charge in [-0.25, -0.2) is 14.5 Å². The highest BCUT2D eigenvalue weighted by Crippen LogP contribution is 2.41. The zero-order chi connectivity index (χ0) is 25.4. The molecule has 0 spiro atoms. The lowest BCUT2D eigenvalue weighted by molar-refractivity contribution is -0.388. The van der Waals surface area contributed by atoms with Gasteiger partial charge in [0.15, 0.2) is 0 Å². The molecule has 14 heteroatoms. The molecule has 0 aliphatic carbocycles. The Labute approximate surface area is 191 Å². The number of aromatic nitrogens is 3. The van der Waals surface area contributed by atoms with Crippen LogP contribution in [0.25, 0.3) is 5.69 Å². The van der Waals surface area contributed by atoms with E-state index in [0.29, 0.717) is 52.4 Å². The number of aromatic amines is 1. The Bertz CT molecular complexity index is 1300. The van der Waals surface area contributed by atoms with E-state index >= 15 is 0 Å². The number of halogens is 6. The van der Waals surface area contributed by atoms with Gasteiger partial charge in [0.05, 0.1) is 26.6 Å². The van der Waals surface area contributed by atoms with Gasteiger partial charge in [-0.1, -0.05) is 13.3 Å². The van der Waals surface area contributed by atoms with Crippen molar-refractivity contribution in [3.8, 4) is 5.69 Å². The second kappa shape index (κ2) is 9.16. The molecular weight excluding hydrogens is 490 g/mol. The fourth-order valence-electron chi connectivity index (χ4n) is 3.27. The first-order valence-electron chi connectivity index (χ1n) is 9.66. The van der Waals surface area contributed by atoms with Crippen molar-refractivity contribution in [3.05, 3.63) is 73.2 Å². The van der Waals surface area contributed by atoms with Crippen molar-refractivity contribution in [1.29, 1.82) is 0 Å². The zero-order valence-corrected chi connectivity index (χ0v) is 18.4. The van der Waals surface area contributed by atoms with Gasteiger partial charge >= 0.3 is 18.0 Å². The minimum atomic E-state index is -4.85. The molecule has 0 saturated heterocycles. The monoisotopic (exact) mass is 506 g/mol. The molecule has 0 radical (unpaired) electrons. The minimum absolute atomic E-state index is 0.308. The van der Waals surface area contributed by atoms with Crippen molar-refractivity contribution in [1.82, 2.24) is 14.8 Å². The minimum Gasteiger partial charge on any atom is -0.258 e. The normalized spacial score (nSPS) is 12.2. The van der Waals surface area contributed by atoms with Gasteiger partial charge in [-0.3, -0.25) is 10.1 Å². The van der Waals surface area contributed by atoms with Gasteiger partial charge in [0.25, 0.3) is 5.69 Å². The van der Waals surface area contributed by atoms with Crippen molar-refractivity contribution in [2.45, 2.75) is 49.1 Å². The first kappa shape index (κ1) is 25.3. The molecule has 0 unspecified atom stereocenters. The van der Waals surface area contributed by atoms with Gasteiger partial charge in [0.1, 0.15) is 0 Å². The molecule has 182 valence electrons. The summed E-state index contributed by atoms with van der Waals surface area (Å²) in [7, 11) is 0. The fraction of sp³-hybridized carbons (Fsp3) is 0.300. The second-order valence-corrected chi connectivity index (χ2v) is 8.24. The molecule has 3 rings (SSSR count). The van der Waals surface area contributed by atoms with Crippen LogP contribution < -0.4 is 5.69 Å². The van der Waals surface area contributed by atoms with E-state index in [1.807, 2.05) is 5.10 Å². The smallest absolute Gasteiger partial charge is 0.258 e. The van der Waals surface area contributed by atoms with Crippen molar-refractivity contribution >= 4 is 17.4 Å². The van der Waals surface area contributed by atoms with Gasteiger partial charge in [0, 0.05) is 6.07 Å². The molecule has 1 N–H and O–H groups in total. The molecule has 0 fully saturated rings. The third-order valence-electron chi connectivity index (χ3n) is 4.85. The van der Waals surface area contributed by atoms with E-state index in [1.54, 1.807) is 13.8 Å². The van der Waals surface area contributed by atoms with E-state index in [1.165, 1.54) is 0 Å². The van der Waals surface area contributed by atoms with Crippen LogP contribution in [0.1, 0.15) is 35.6 Å². The van der Waals surface area contributed by atoms with Crippen LogP contribution in [0.15, 0.2) is 45.2 Å². The summed E-state index contributed by atoms with van der Waals surface area (Å²) in [4.78, 5) is 22.4. The van der Waals surface area contributed by atoms with E-state index in [4.69, 9.17) is 0 Å². The van der Waals surface area contributed by atoms with Crippen molar-refractivity contribution in [3.63, 3.8) is 0 Å². The van der Waals surface area contributed by atoms with Crippen LogP contribution in [-0.2, 0) is 18.8 Å². The van der Waals surface area contributed by atoms with Crippen molar-refractivity contribution in [2.24, 2.45) is 0 Å². The van der Waals surface area contributed by atoms with Gasteiger partial charge in [-0.05, 0) is 60.5 Å². The Balaban J connectivity index is 2.18. The number of hydrogen-bond donors (Lipinski definition) is 1. The highest BCUT2D eigenvalue weighted by molar-refractivity contribution is 7.99. The van der Waals surface area contributed by atoms with Crippen molar-refractivity contribution < 1.29 is 31.3 Å². The summed E-state index contributed by atoms with van der Waals surface area (Å²) < 4.78 is 81.1. The van der Waals surface area contributed by atoms with Crippen LogP contribution in [0.2, 0.25) is 0 Å². The molecule has 7 nitrogen and oxygen atoms in total. The summed E-state index contributed by atoms with van der Waals surface area (Å²) in [5.41, 5.74) is -4.02.